The normalized spacial score (nSPS) is 20.5. The first kappa shape index (κ1) is 14.3. The molecular weight excluding hydrogens is 288 g/mol. The molecule has 2 unspecified atom stereocenters. The number of carbonyl (C=O) groups excluding carboxylic acids is 1. The van der Waals surface area contributed by atoms with E-state index in [1.807, 2.05) is 6.07 Å². The molecule has 1 amide bonds. The lowest BCUT2D eigenvalue weighted by molar-refractivity contribution is 0.0462. The highest BCUT2D eigenvalue weighted by atomic mass is 32.1. The summed E-state index contributed by atoms with van der Waals surface area (Å²) < 4.78 is 5.30. The summed E-state index contributed by atoms with van der Waals surface area (Å²) in [6, 6.07) is 3.63. The van der Waals surface area contributed by atoms with Crippen LogP contribution in [0.3, 0.4) is 0 Å². The summed E-state index contributed by atoms with van der Waals surface area (Å²) in [7, 11) is 0. The molecule has 6 heteroatoms. The minimum Gasteiger partial charge on any atom is -0.462 e. The smallest absolute Gasteiger partial charge is 0.273 e. The third kappa shape index (κ3) is 3.01. The van der Waals surface area contributed by atoms with E-state index < -0.39 is 0 Å². The molecule has 21 heavy (non-hydrogen) atoms. The van der Waals surface area contributed by atoms with Crippen molar-refractivity contribution in [2.24, 2.45) is 5.92 Å². The zero-order valence-corrected chi connectivity index (χ0v) is 12.7. The molecule has 1 saturated heterocycles. The Balaban J connectivity index is 1.73. The molecule has 1 fully saturated rings. The van der Waals surface area contributed by atoms with Gasteiger partial charge in [-0.15, -0.1) is 11.3 Å². The van der Waals surface area contributed by atoms with Crippen LogP contribution < -0.4 is 0 Å². The highest BCUT2D eigenvalue weighted by Crippen LogP contribution is 2.26. The average molecular weight is 306 g/mol. The van der Waals surface area contributed by atoms with Crippen molar-refractivity contribution in [2.75, 3.05) is 13.1 Å². The van der Waals surface area contributed by atoms with E-state index in [1.54, 1.807) is 29.5 Å². The van der Waals surface area contributed by atoms with Crippen LogP contribution in [0.15, 0.2) is 28.2 Å². The van der Waals surface area contributed by atoms with Gasteiger partial charge in [-0.2, -0.15) is 0 Å². The van der Waals surface area contributed by atoms with Gasteiger partial charge < -0.3 is 14.4 Å². The first-order chi connectivity index (χ1) is 10.1. The molecule has 1 aliphatic rings. The Morgan fingerprint density at radius 3 is 3.19 bits per heavy atom. The minimum absolute atomic E-state index is 0.0607. The van der Waals surface area contributed by atoms with Gasteiger partial charge in [0.25, 0.3) is 5.91 Å². The van der Waals surface area contributed by atoms with Gasteiger partial charge in [0.05, 0.1) is 12.4 Å². The van der Waals surface area contributed by atoms with Crippen LogP contribution in [0.25, 0.3) is 10.8 Å². The van der Waals surface area contributed by atoms with Gasteiger partial charge in [0, 0.05) is 24.4 Å². The molecule has 0 aromatic carbocycles. The summed E-state index contributed by atoms with van der Waals surface area (Å²) in [5.41, 5.74) is 0.456. The predicted molar refractivity (Wildman–Crippen MR) is 80.1 cm³/mol. The van der Waals surface area contributed by atoms with Crippen molar-refractivity contribution in [3.8, 4) is 10.8 Å². The number of hydrogen-bond acceptors (Lipinski definition) is 5. The molecular formula is C15H18N2O3S. The maximum Gasteiger partial charge on any atom is 0.273 e. The zero-order chi connectivity index (χ0) is 14.8. The molecule has 0 spiro atoms. The van der Waals surface area contributed by atoms with Crippen molar-refractivity contribution in [3.63, 3.8) is 0 Å². The topological polar surface area (TPSA) is 66.6 Å². The number of furan rings is 1. The van der Waals surface area contributed by atoms with Gasteiger partial charge in [0.1, 0.15) is 5.69 Å². The Hall–Kier alpha value is -1.66. The summed E-state index contributed by atoms with van der Waals surface area (Å²) in [4.78, 5) is 18.7. The highest BCUT2D eigenvalue weighted by molar-refractivity contribution is 7.13. The number of aromatic nitrogens is 1. The number of carbonyl (C=O) groups is 1. The lowest BCUT2D eigenvalue weighted by Crippen LogP contribution is -2.43. The Morgan fingerprint density at radius 2 is 2.48 bits per heavy atom. The van der Waals surface area contributed by atoms with Gasteiger partial charge in [-0.3, -0.25) is 4.79 Å². The Kier molecular flexibility index (Phi) is 4.07. The quantitative estimate of drug-likeness (QED) is 0.946. The maximum absolute atomic E-state index is 12.5. The van der Waals surface area contributed by atoms with Crippen molar-refractivity contribution < 1.29 is 14.3 Å². The SMILES string of the molecule is CC(O)C1CCCN(C(=O)c2csc(-c3ccco3)n2)C1. The van der Waals surface area contributed by atoms with Gasteiger partial charge in [-0.1, -0.05) is 0 Å². The van der Waals surface area contributed by atoms with Crippen LogP contribution in [0.2, 0.25) is 0 Å². The van der Waals surface area contributed by atoms with Gasteiger partial charge in [0.15, 0.2) is 10.8 Å². The van der Waals surface area contributed by atoms with E-state index in [1.165, 1.54) is 11.3 Å². The van der Waals surface area contributed by atoms with Crippen LogP contribution in [0.4, 0.5) is 0 Å². The molecule has 112 valence electrons. The number of rotatable bonds is 3. The summed E-state index contributed by atoms with van der Waals surface area (Å²) in [6.07, 6.45) is 3.11. The summed E-state index contributed by atoms with van der Waals surface area (Å²) >= 11 is 1.40. The third-order valence-electron chi connectivity index (χ3n) is 3.88. The van der Waals surface area contributed by atoms with Crippen LogP contribution in [-0.2, 0) is 0 Å². The first-order valence-electron chi connectivity index (χ1n) is 7.12. The fourth-order valence-corrected chi connectivity index (χ4v) is 3.40. The van der Waals surface area contributed by atoms with Crippen LogP contribution in [-0.4, -0.2) is 40.1 Å². The second-order valence-corrected chi connectivity index (χ2v) is 6.27. The van der Waals surface area contributed by atoms with Crippen molar-refractivity contribution in [3.05, 3.63) is 29.5 Å². The first-order valence-corrected chi connectivity index (χ1v) is 8.00. The third-order valence-corrected chi connectivity index (χ3v) is 4.74. The number of nitrogens with zero attached hydrogens (tertiary/aromatic N) is 2. The van der Waals surface area contributed by atoms with Gasteiger partial charge in [0.2, 0.25) is 0 Å². The van der Waals surface area contributed by atoms with E-state index in [-0.39, 0.29) is 17.9 Å². The lowest BCUT2D eigenvalue weighted by Gasteiger charge is -2.33. The molecule has 0 aliphatic carbocycles. The largest absolute Gasteiger partial charge is 0.462 e. The van der Waals surface area contributed by atoms with E-state index in [0.717, 1.165) is 19.4 Å². The molecule has 0 radical (unpaired) electrons. The van der Waals surface area contributed by atoms with E-state index in [9.17, 15) is 9.90 Å². The van der Waals surface area contributed by atoms with Crippen molar-refractivity contribution in [1.29, 1.82) is 0 Å². The molecule has 2 aromatic rings. The maximum atomic E-state index is 12.5. The van der Waals surface area contributed by atoms with Crippen molar-refractivity contribution in [2.45, 2.75) is 25.9 Å². The van der Waals surface area contributed by atoms with E-state index >= 15 is 0 Å². The van der Waals surface area contributed by atoms with Crippen molar-refractivity contribution in [1.82, 2.24) is 9.88 Å². The monoisotopic (exact) mass is 306 g/mol. The zero-order valence-electron chi connectivity index (χ0n) is 11.9. The van der Waals surface area contributed by atoms with Crippen LogP contribution >= 0.6 is 11.3 Å². The summed E-state index contributed by atoms with van der Waals surface area (Å²) in [6.45, 7) is 3.12. The summed E-state index contributed by atoms with van der Waals surface area (Å²) in [5, 5.41) is 12.2. The number of aliphatic hydroxyl groups excluding tert-OH is 1. The Labute approximate surface area is 127 Å². The Morgan fingerprint density at radius 1 is 1.62 bits per heavy atom. The molecule has 2 aromatic heterocycles. The average Bonchev–Trinajstić information content (AvgIpc) is 3.17. The van der Waals surface area contributed by atoms with E-state index in [4.69, 9.17) is 4.42 Å². The molecule has 3 rings (SSSR count). The van der Waals surface area contributed by atoms with Crippen LogP contribution in [0.5, 0.6) is 0 Å². The fourth-order valence-electron chi connectivity index (χ4n) is 2.64. The number of thiazole rings is 1. The van der Waals surface area contributed by atoms with Crippen LogP contribution in [0, 0.1) is 5.92 Å². The predicted octanol–water partition coefficient (Wildman–Crippen LogP) is 2.64. The van der Waals surface area contributed by atoms with Crippen LogP contribution in [0.1, 0.15) is 30.3 Å². The number of hydrogen-bond donors (Lipinski definition) is 1. The van der Waals surface area contributed by atoms with E-state index in [0.29, 0.717) is 23.0 Å². The van der Waals surface area contributed by atoms with Crippen molar-refractivity contribution >= 4 is 17.2 Å². The molecule has 1 N–H and O–H groups in total. The number of amides is 1. The summed E-state index contributed by atoms with van der Waals surface area (Å²) in [5.74, 6) is 0.778. The Bertz CT molecular complexity index is 606. The second-order valence-electron chi connectivity index (χ2n) is 5.41. The minimum atomic E-state index is -0.380. The molecule has 0 saturated carbocycles. The number of piperidine rings is 1. The van der Waals surface area contributed by atoms with Gasteiger partial charge in [-0.25, -0.2) is 4.98 Å². The number of likely N-dealkylation sites (tertiary alicyclic amines) is 1. The van der Waals surface area contributed by atoms with Gasteiger partial charge >= 0.3 is 0 Å². The second kappa shape index (κ2) is 5.99. The van der Waals surface area contributed by atoms with E-state index in [2.05, 4.69) is 4.98 Å². The molecule has 5 nitrogen and oxygen atoms in total. The highest BCUT2D eigenvalue weighted by Gasteiger charge is 2.28. The standard InChI is InChI=1S/C15H18N2O3S/c1-10(18)11-4-2-6-17(8-11)15(19)12-9-21-14(16-12)13-5-3-7-20-13/h3,5,7,9-11,18H,2,4,6,8H2,1H3. The lowest BCUT2D eigenvalue weighted by atomic mass is 9.93. The van der Waals surface area contributed by atoms with Gasteiger partial charge in [-0.05, 0) is 31.9 Å². The fraction of sp³-hybridized carbons (Fsp3) is 0.467. The molecule has 2 atom stereocenters. The molecule has 1 aliphatic heterocycles. The molecule has 3 heterocycles. The number of aliphatic hydroxyl groups is 1. The molecule has 0 bridgehead atoms.